The van der Waals surface area contributed by atoms with E-state index in [1.54, 1.807) is 0 Å². The van der Waals surface area contributed by atoms with Gasteiger partial charge in [-0.25, -0.2) is 0 Å². The standard InChI is InChI=1S/C22H22N2O6/c1-22(2,3)15-9-7-14(8-10-15)13-30-18(25)11-12-23-20(26)16-5-4-6-17(24(28)29)19(16)21(23)27/h4-10H,11-13H2,1-3H3. The van der Waals surface area contributed by atoms with E-state index in [1.165, 1.54) is 18.2 Å². The summed E-state index contributed by atoms with van der Waals surface area (Å²) in [6.07, 6.45) is -0.195. The van der Waals surface area contributed by atoms with Crippen LogP contribution in [0.25, 0.3) is 0 Å². The number of nitro benzene ring substituents is 1. The maximum atomic E-state index is 12.5. The first kappa shape index (κ1) is 21.2. The second-order valence-corrected chi connectivity index (χ2v) is 8.08. The Balaban J connectivity index is 1.58. The molecule has 3 rings (SSSR count). The molecule has 2 aromatic rings. The minimum absolute atomic E-state index is 0.0245. The highest BCUT2D eigenvalue weighted by Gasteiger charge is 2.40. The number of carbonyl (C=O) groups excluding carboxylic acids is 3. The Morgan fingerprint density at radius 1 is 1.07 bits per heavy atom. The van der Waals surface area contributed by atoms with Gasteiger partial charge in [0, 0.05) is 12.6 Å². The molecule has 0 aromatic heterocycles. The molecular weight excluding hydrogens is 388 g/mol. The quantitative estimate of drug-likeness (QED) is 0.312. The Morgan fingerprint density at radius 2 is 1.73 bits per heavy atom. The molecule has 156 valence electrons. The van der Waals surface area contributed by atoms with Gasteiger partial charge < -0.3 is 4.74 Å². The van der Waals surface area contributed by atoms with Crippen LogP contribution in [0.15, 0.2) is 42.5 Å². The van der Waals surface area contributed by atoms with E-state index in [-0.39, 0.29) is 36.1 Å². The number of hydrogen-bond acceptors (Lipinski definition) is 6. The number of ether oxygens (including phenoxy) is 1. The van der Waals surface area contributed by atoms with Gasteiger partial charge in [0.2, 0.25) is 0 Å². The molecule has 0 radical (unpaired) electrons. The number of nitro groups is 1. The third-order valence-electron chi connectivity index (χ3n) is 4.93. The summed E-state index contributed by atoms with van der Waals surface area (Å²) < 4.78 is 5.23. The van der Waals surface area contributed by atoms with Crippen molar-refractivity contribution in [3.63, 3.8) is 0 Å². The number of amides is 2. The van der Waals surface area contributed by atoms with Gasteiger partial charge in [0.15, 0.2) is 0 Å². The van der Waals surface area contributed by atoms with Crippen LogP contribution >= 0.6 is 0 Å². The van der Waals surface area contributed by atoms with Crippen molar-refractivity contribution in [3.8, 4) is 0 Å². The zero-order valence-electron chi connectivity index (χ0n) is 17.0. The molecule has 1 aliphatic heterocycles. The number of esters is 1. The second-order valence-electron chi connectivity index (χ2n) is 8.08. The van der Waals surface area contributed by atoms with Crippen LogP contribution in [-0.4, -0.2) is 34.2 Å². The first-order chi connectivity index (χ1) is 14.1. The fourth-order valence-electron chi connectivity index (χ4n) is 3.21. The highest BCUT2D eigenvalue weighted by Crippen LogP contribution is 2.30. The maximum absolute atomic E-state index is 12.5. The maximum Gasteiger partial charge on any atom is 0.307 e. The molecule has 0 unspecified atom stereocenters. The predicted octanol–water partition coefficient (Wildman–Crippen LogP) is 3.62. The molecule has 0 bridgehead atoms. The van der Waals surface area contributed by atoms with Crippen molar-refractivity contribution >= 4 is 23.5 Å². The molecule has 1 aliphatic rings. The zero-order chi connectivity index (χ0) is 22.1. The van der Waals surface area contributed by atoms with E-state index in [1.807, 2.05) is 24.3 Å². The normalized spacial score (nSPS) is 13.4. The van der Waals surface area contributed by atoms with Gasteiger partial charge >= 0.3 is 5.97 Å². The van der Waals surface area contributed by atoms with Crippen LogP contribution in [0.5, 0.6) is 0 Å². The van der Waals surface area contributed by atoms with Crippen LogP contribution < -0.4 is 0 Å². The molecule has 2 amide bonds. The third-order valence-corrected chi connectivity index (χ3v) is 4.93. The molecule has 0 N–H and O–H groups in total. The van der Waals surface area contributed by atoms with Crippen LogP contribution in [-0.2, 0) is 21.6 Å². The summed E-state index contributed by atoms with van der Waals surface area (Å²) >= 11 is 0. The van der Waals surface area contributed by atoms with E-state index in [0.717, 1.165) is 16.0 Å². The van der Waals surface area contributed by atoms with Crippen molar-refractivity contribution in [1.82, 2.24) is 4.90 Å². The van der Waals surface area contributed by atoms with E-state index in [2.05, 4.69) is 20.8 Å². The van der Waals surface area contributed by atoms with Crippen LogP contribution in [0, 0.1) is 10.1 Å². The fraction of sp³-hybridized carbons (Fsp3) is 0.318. The largest absolute Gasteiger partial charge is 0.461 e. The van der Waals surface area contributed by atoms with E-state index >= 15 is 0 Å². The predicted molar refractivity (Wildman–Crippen MR) is 108 cm³/mol. The molecule has 0 saturated carbocycles. The number of rotatable bonds is 6. The van der Waals surface area contributed by atoms with Crippen molar-refractivity contribution in [2.24, 2.45) is 0 Å². The summed E-state index contributed by atoms with van der Waals surface area (Å²) in [6.45, 7) is 6.20. The Morgan fingerprint density at radius 3 is 2.33 bits per heavy atom. The minimum Gasteiger partial charge on any atom is -0.461 e. The van der Waals surface area contributed by atoms with E-state index in [4.69, 9.17) is 4.74 Å². The Kier molecular flexibility index (Phi) is 5.69. The van der Waals surface area contributed by atoms with Gasteiger partial charge in [-0.15, -0.1) is 0 Å². The van der Waals surface area contributed by atoms with Gasteiger partial charge in [-0.05, 0) is 22.6 Å². The average Bonchev–Trinajstić information content (AvgIpc) is 2.94. The SMILES string of the molecule is CC(C)(C)c1ccc(COC(=O)CCN2C(=O)c3cccc([N+](=O)[O-])c3C2=O)cc1. The van der Waals surface area contributed by atoms with Crippen molar-refractivity contribution in [2.45, 2.75) is 39.2 Å². The highest BCUT2D eigenvalue weighted by molar-refractivity contribution is 6.23. The number of benzene rings is 2. The van der Waals surface area contributed by atoms with Crippen LogP contribution in [0.1, 0.15) is 59.0 Å². The summed E-state index contributed by atoms with van der Waals surface area (Å²) in [5, 5.41) is 11.1. The monoisotopic (exact) mass is 410 g/mol. The van der Waals surface area contributed by atoms with Gasteiger partial charge in [-0.3, -0.25) is 29.4 Å². The molecule has 0 aliphatic carbocycles. The van der Waals surface area contributed by atoms with E-state index in [9.17, 15) is 24.5 Å². The Labute approximate surface area is 173 Å². The Hall–Kier alpha value is -3.55. The molecule has 8 nitrogen and oxygen atoms in total. The number of hydrogen-bond donors (Lipinski definition) is 0. The smallest absolute Gasteiger partial charge is 0.307 e. The van der Waals surface area contributed by atoms with Gasteiger partial charge in [-0.2, -0.15) is 0 Å². The van der Waals surface area contributed by atoms with Crippen molar-refractivity contribution < 1.29 is 24.0 Å². The van der Waals surface area contributed by atoms with E-state index in [0.29, 0.717) is 0 Å². The summed E-state index contributed by atoms with van der Waals surface area (Å²) in [5.74, 6) is -1.99. The van der Waals surface area contributed by atoms with Crippen molar-refractivity contribution in [3.05, 3.63) is 74.8 Å². The van der Waals surface area contributed by atoms with Gasteiger partial charge in [0.1, 0.15) is 12.2 Å². The number of carbonyl (C=O) groups is 3. The second kappa shape index (κ2) is 8.06. The van der Waals surface area contributed by atoms with Gasteiger partial charge in [0.25, 0.3) is 17.5 Å². The third kappa shape index (κ3) is 4.22. The molecule has 1 heterocycles. The lowest BCUT2D eigenvalue weighted by molar-refractivity contribution is -0.385. The lowest BCUT2D eigenvalue weighted by Crippen LogP contribution is -2.32. The lowest BCUT2D eigenvalue weighted by Gasteiger charge is -2.19. The summed E-state index contributed by atoms with van der Waals surface area (Å²) in [6, 6.07) is 11.6. The summed E-state index contributed by atoms with van der Waals surface area (Å²) in [5.41, 5.74) is 1.33. The fourth-order valence-corrected chi connectivity index (χ4v) is 3.21. The van der Waals surface area contributed by atoms with Gasteiger partial charge in [-0.1, -0.05) is 51.1 Å². The molecule has 30 heavy (non-hydrogen) atoms. The van der Waals surface area contributed by atoms with Crippen LogP contribution in [0.2, 0.25) is 0 Å². The zero-order valence-corrected chi connectivity index (χ0v) is 17.0. The van der Waals surface area contributed by atoms with Crippen LogP contribution in [0.4, 0.5) is 5.69 Å². The Bertz CT molecular complexity index is 1020. The minimum atomic E-state index is -0.770. The topological polar surface area (TPSA) is 107 Å². The van der Waals surface area contributed by atoms with Gasteiger partial charge in [0.05, 0.1) is 16.9 Å². The summed E-state index contributed by atoms with van der Waals surface area (Å²) in [7, 11) is 0. The molecule has 2 aromatic carbocycles. The summed E-state index contributed by atoms with van der Waals surface area (Å²) in [4.78, 5) is 48.3. The first-order valence-electron chi connectivity index (χ1n) is 9.48. The average molecular weight is 410 g/mol. The molecule has 0 atom stereocenters. The molecular formula is C22H22N2O6. The molecule has 8 heteroatoms. The van der Waals surface area contributed by atoms with Crippen LogP contribution in [0.3, 0.4) is 0 Å². The first-order valence-corrected chi connectivity index (χ1v) is 9.48. The molecule has 0 saturated heterocycles. The lowest BCUT2D eigenvalue weighted by atomic mass is 9.87. The molecule has 0 spiro atoms. The van der Waals surface area contributed by atoms with Crippen molar-refractivity contribution in [2.75, 3.05) is 6.54 Å². The van der Waals surface area contributed by atoms with E-state index < -0.39 is 28.4 Å². The van der Waals surface area contributed by atoms with Crippen molar-refractivity contribution in [1.29, 1.82) is 0 Å². The number of fused-ring (bicyclic) bond motifs is 1. The molecule has 0 fully saturated rings. The highest BCUT2D eigenvalue weighted by atomic mass is 16.6. The number of nitrogens with zero attached hydrogens (tertiary/aromatic N) is 2. The number of imide groups is 1.